The molecule has 2 rings (SSSR count). The number of hydrogen-bond donors (Lipinski definition) is 1. The zero-order valence-corrected chi connectivity index (χ0v) is 8.25. The highest BCUT2D eigenvalue weighted by Gasteiger charge is 2.01. The van der Waals surface area contributed by atoms with Gasteiger partial charge in [0.15, 0.2) is 0 Å². The quantitative estimate of drug-likeness (QED) is 0.776. The Morgan fingerprint density at radius 2 is 2.13 bits per heavy atom. The zero-order chi connectivity index (χ0) is 11.1. The molecule has 0 radical (unpaired) electrons. The van der Waals surface area contributed by atoms with E-state index in [-0.39, 0.29) is 5.76 Å². The molecule has 0 aromatic carbocycles. The molecule has 0 saturated heterocycles. The fourth-order valence-electron chi connectivity index (χ4n) is 0.848. The number of aromatic nitrogens is 1. The Morgan fingerprint density at radius 1 is 1.33 bits per heavy atom. The molecule has 0 bridgehead atoms. The van der Waals surface area contributed by atoms with Gasteiger partial charge in [-0.25, -0.2) is 4.79 Å². The van der Waals surface area contributed by atoms with Gasteiger partial charge in [0.1, 0.15) is 0 Å². The van der Waals surface area contributed by atoms with Gasteiger partial charge in [0.25, 0.3) is 0 Å². The van der Waals surface area contributed by atoms with Crippen LogP contribution in [0.1, 0.15) is 16.2 Å². The van der Waals surface area contributed by atoms with E-state index < -0.39 is 5.97 Å². The van der Waals surface area contributed by atoms with Gasteiger partial charge < -0.3 is 9.52 Å². The molecule has 2 aromatic rings. The van der Waals surface area contributed by atoms with Gasteiger partial charge in [0.2, 0.25) is 5.76 Å². The largest absolute Gasteiger partial charge is 0.475 e. The molecule has 0 spiro atoms. The molecule has 0 amide bonds. The minimum atomic E-state index is -1.03. The first-order valence-corrected chi connectivity index (χ1v) is 4.34. The highest BCUT2D eigenvalue weighted by molar-refractivity contribution is 5.84. The number of carbonyl (C=O) groups is 1. The summed E-state index contributed by atoms with van der Waals surface area (Å²) < 4.78 is 4.50. The molecule has 0 unspecified atom stereocenters. The van der Waals surface area contributed by atoms with E-state index in [0.29, 0.717) is 0 Å². The van der Waals surface area contributed by atoms with Gasteiger partial charge in [-0.15, -0.1) is 0 Å². The Bertz CT molecular complexity index is 395. The van der Waals surface area contributed by atoms with Crippen molar-refractivity contribution in [3.63, 3.8) is 0 Å². The van der Waals surface area contributed by atoms with Crippen molar-refractivity contribution in [1.29, 1.82) is 0 Å². The molecule has 0 aliphatic heterocycles. The van der Waals surface area contributed by atoms with Crippen molar-refractivity contribution >= 4 is 5.97 Å². The van der Waals surface area contributed by atoms with Gasteiger partial charge in [-0.2, -0.15) is 0 Å². The van der Waals surface area contributed by atoms with Gasteiger partial charge >= 0.3 is 5.97 Å². The summed E-state index contributed by atoms with van der Waals surface area (Å²) in [6.07, 6.45) is 3.11. The van der Waals surface area contributed by atoms with E-state index in [1.807, 2.05) is 25.1 Å². The third-order valence-corrected chi connectivity index (χ3v) is 1.54. The van der Waals surface area contributed by atoms with E-state index in [2.05, 4.69) is 9.40 Å². The monoisotopic (exact) mass is 205 g/mol. The predicted molar refractivity (Wildman–Crippen MR) is 54.6 cm³/mol. The zero-order valence-electron chi connectivity index (χ0n) is 8.25. The number of carboxylic acids is 1. The second-order valence-electron chi connectivity index (χ2n) is 2.75. The lowest BCUT2D eigenvalue weighted by molar-refractivity contribution is 0.0662. The summed E-state index contributed by atoms with van der Waals surface area (Å²) in [4.78, 5) is 13.9. The smallest absolute Gasteiger partial charge is 0.371 e. The van der Waals surface area contributed by atoms with E-state index in [4.69, 9.17) is 5.11 Å². The average Bonchev–Trinajstić information content (AvgIpc) is 2.72. The van der Waals surface area contributed by atoms with E-state index in [0.717, 1.165) is 5.69 Å². The van der Waals surface area contributed by atoms with Crippen LogP contribution in [0, 0.1) is 6.92 Å². The molecule has 15 heavy (non-hydrogen) atoms. The van der Waals surface area contributed by atoms with E-state index in [1.165, 1.54) is 18.4 Å². The number of pyridine rings is 1. The second kappa shape index (κ2) is 5.59. The van der Waals surface area contributed by atoms with Crippen molar-refractivity contribution in [3.05, 3.63) is 54.2 Å². The molecular weight excluding hydrogens is 194 g/mol. The van der Waals surface area contributed by atoms with Crippen LogP contribution >= 0.6 is 0 Å². The van der Waals surface area contributed by atoms with Gasteiger partial charge in [0, 0.05) is 11.9 Å². The number of furan rings is 1. The molecule has 4 nitrogen and oxygen atoms in total. The average molecular weight is 205 g/mol. The van der Waals surface area contributed by atoms with Crippen molar-refractivity contribution in [3.8, 4) is 0 Å². The third kappa shape index (κ3) is 4.08. The first-order chi connectivity index (χ1) is 7.20. The number of rotatable bonds is 1. The SMILES string of the molecule is Cc1ccccn1.O=C(O)c1ccco1. The van der Waals surface area contributed by atoms with Crippen molar-refractivity contribution in [1.82, 2.24) is 4.98 Å². The Labute approximate surface area is 87.2 Å². The Hall–Kier alpha value is -2.10. The molecule has 1 N–H and O–H groups in total. The fourth-order valence-corrected chi connectivity index (χ4v) is 0.848. The molecule has 0 atom stereocenters. The number of nitrogens with zero attached hydrogens (tertiary/aromatic N) is 1. The maximum atomic E-state index is 9.97. The first-order valence-electron chi connectivity index (χ1n) is 4.34. The van der Waals surface area contributed by atoms with Crippen molar-refractivity contribution < 1.29 is 14.3 Å². The van der Waals surface area contributed by atoms with Crippen LogP contribution in [0.4, 0.5) is 0 Å². The fraction of sp³-hybridized carbons (Fsp3) is 0.0909. The van der Waals surface area contributed by atoms with Crippen LogP contribution in [0.15, 0.2) is 47.2 Å². The molecule has 0 saturated carbocycles. The van der Waals surface area contributed by atoms with Crippen molar-refractivity contribution in [2.45, 2.75) is 6.92 Å². The van der Waals surface area contributed by atoms with Crippen molar-refractivity contribution in [2.24, 2.45) is 0 Å². The Kier molecular flexibility index (Phi) is 4.09. The van der Waals surface area contributed by atoms with Crippen LogP contribution in [-0.2, 0) is 0 Å². The summed E-state index contributed by atoms with van der Waals surface area (Å²) in [5.41, 5.74) is 1.07. The summed E-state index contributed by atoms with van der Waals surface area (Å²) in [7, 11) is 0. The van der Waals surface area contributed by atoms with Crippen LogP contribution < -0.4 is 0 Å². The van der Waals surface area contributed by atoms with Gasteiger partial charge in [-0.3, -0.25) is 4.98 Å². The summed E-state index contributed by atoms with van der Waals surface area (Å²) in [5.74, 6) is -1.06. The van der Waals surface area contributed by atoms with Gasteiger partial charge in [0.05, 0.1) is 6.26 Å². The number of carboxylic acid groups (broad SMARTS) is 1. The molecule has 0 fully saturated rings. The summed E-state index contributed by atoms with van der Waals surface area (Å²) in [5, 5.41) is 8.18. The van der Waals surface area contributed by atoms with Crippen LogP contribution in [0.3, 0.4) is 0 Å². The normalized spacial score (nSPS) is 8.87. The number of aryl methyl sites for hydroxylation is 1. The lowest BCUT2D eigenvalue weighted by atomic mass is 10.4. The minimum absolute atomic E-state index is 0.0231. The van der Waals surface area contributed by atoms with E-state index in [9.17, 15) is 4.79 Å². The lowest BCUT2D eigenvalue weighted by Crippen LogP contribution is -1.90. The second-order valence-corrected chi connectivity index (χ2v) is 2.75. The summed E-state index contributed by atoms with van der Waals surface area (Å²) in [6, 6.07) is 8.78. The number of hydrogen-bond acceptors (Lipinski definition) is 3. The maximum Gasteiger partial charge on any atom is 0.371 e. The topological polar surface area (TPSA) is 63.3 Å². The van der Waals surface area contributed by atoms with Crippen LogP contribution in [0.2, 0.25) is 0 Å². The molecular formula is C11H11NO3. The standard InChI is InChI=1S/C6H7N.C5H4O3/c1-6-4-2-3-5-7-6;6-5(7)4-2-1-3-8-4/h2-5H,1H3;1-3H,(H,6,7). The molecule has 0 aliphatic rings. The van der Waals surface area contributed by atoms with E-state index >= 15 is 0 Å². The summed E-state index contributed by atoms with van der Waals surface area (Å²) >= 11 is 0. The highest BCUT2D eigenvalue weighted by Crippen LogP contribution is 1.97. The van der Waals surface area contributed by atoms with Gasteiger partial charge in [-0.05, 0) is 31.2 Å². The van der Waals surface area contributed by atoms with Gasteiger partial charge in [-0.1, -0.05) is 6.07 Å². The number of aromatic carboxylic acids is 1. The van der Waals surface area contributed by atoms with Crippen LogP contribution in [0.5, 0.6) is 0 Å². The predicted octanol–water partition coefficient (Wildman–Crippen LogP) is 2.37. The Morgan fingerprint density at radius 3 is 2.40 bits per heavy atom. The van der Waals surface area contributed by atoms with Crippen molar-refractivity contribution in [2.75, 3.05) is 0 Å². The van der Waals surface area contributed by atoms with Crippen LogP contribution in [-0.4, -0.2) is 16.1 Å². The lowest BCUT2D eigenvalue weighted by Gasteiger charge is -1.82. The third-order valence-electron chi connectivity index (χ3n) is 1.54. The Balaban J connectivity index is 0.000000151. The molecule has 2 heterocycles. The molecule has 0 aliphatic carbocycles. The maximum absolute atomic E-state index is 9.97. The highest BCUT2D eigenvalue weighted by atomic mass is 16.4. The van der Waals surface area contributed by atoms with Crippen LogP contribution in [0.25, 0.3) is 0 Å². The first kappa shape index (κ1) is 11.0. The van der Waals surface area contributed by atoms with E-state index in [1.54, 1.807) is 6.20 Å². The molecule has 2 aromatic heterocycles. The summed E-state index contributed by atoms with van der Waals surface area (Å²) in [6.45, 7) is 1.97. The molecule has 4 heteroatoms. The molecule has 78 valence electrons. The minimum Gasteiger partial charge on any atom is -0.475 e.